The van der Waals surface area contributed by atoms with Crippen LogP contribution in [0.25, 0.3) is 0 Å². The number of rotatable bonds is 2. The van der Waals surface area contributed by atoms with Crippen LogP contribution in [0.2, 0.25) is 0 Å². The van der Waals surface area contributed by atoms with Crippen molar-refractivity contribution in [2.75, 3.05) is 5.73 Å². The highest BCUT2D eigenvalue weighted by Gasteiger charge is 2.26. The van der Waals surface area contributed by atoms with Gasteiger partial charge in [-0.2, -0.15) is 0 Å². The van der Waals surface area contributed by atoms with Gasteiger partial charge >= 0.3 is 0 Å². The maximum Gasteiger partial charge on any atom is 0.254 e. The third-order valence-corrected chi connectivity index (χ3v) is 3.38. The Kier molecular flexibility index (Phi) is 3.99. The Labute approximate surface area is 109 Å². The molecule has 1 aromatic carbocycles. The lowest BCUT2D eigenvalue weighted by atomic mass is 9.92. The van der Waals surface area contributed by atoms with Crippen molar-refractivity contribution in [1.82, 2.24) is 5.32 Å². The molecule has 0 bridgehead atoms. The fourth-order valence-electron chi connectivity index (χ4n) is 2.27. The first-order valence-corrected chi connectivity index (χ1v) is 6.22. The number of hydrogen-bond acceptors (Lipinski definition) is 3. The highest BCUT2D eigenvalue weighted by atomic mass is 19.1. The number of hydrogen-bond donors (Lipinski definition) is 3. The van der Waals surface area contributed by atoms with E-state index in [-0.39, 0.29) is 11.3 Å². The second kappa shape index (κ2) is 5.52. The van der Waals surface area contributed by atoms with Gasteiger partial charge in [0.15, 0.2) is 0 Å². The van der Waals surface area contributed by atoms with Crippen molar-refractivity contribution >= 4 is 11.6 Å². The highest BCUT2D eigenvalue weighted by molar-refractivity contribution is 5.95. The number of carbonyl (C=O) groups is 1. The van der Waals surface area contributed by atoms with Crippen molar-refractivity contribution in [1.29, 1.82) is 0 Å². The van der Waals surface area contributed by atoms with Crippen LogP contribution in [0.15, 0.2) is 12.1 Å². The summed E-state index contributed by atoms with van der Waals surface area (Å²) in [5.74, 6) is -2.54. The molecule has 0 saturated heterocycles. The van der Waals surface area contributed by atoms with Gasteiger partial charge in [-0.1, -0.05) is 12.8 Å². The van der Waals surface area contributed by atoms with Crippen LogP contribution >= 0.6 is 0 Å². The molecule has 1 amide bonds. The molecular weight excluding hydrogens is 254 g/mol. The Balaban J connectivity index is 2.13. The summed E-state index contributed by atoms with van der Waals surface area (Å²) in [5.41, 5.74) is 4.73. The summed E-state index contributed by atoms with van der Waals surface area (Å²) < 4.78 is 26.5. The number of aliphatic hydroxyl groups is 1. The molecule has 0 radical (unpaired) electrons. The Hall–Kier alpha value is -1.69. The predicted molar refractivity (Wildman–Crippen MR) is 66.5 cm³/mol. The molecule has 0 spiro atoms. The van der Waals surface area contributed by atoms with Crippen LogP contribution in [0.3, 0.4) is 0 Å². The number of carbonyl (C=O) groups excluding carboxylic acids is 1. The largest absolute Gasteiger partial charge is 0.396 e. The first-order valence-electron chi connectivity index (χ1n) is 6.22. The monoisotopic (exact) mass is 270 g/mol. The SMILES string of the molecule is Nc1cc(C(=O)N[C@H]2CCCC[C@@H]2O)c(F)cc1F. The first-order chi connectivity index (χ1) is 8.99. The number of halogens is 2. The topological polar surface area (TPSA) is 75.4 Å². The Morgan fingerprint density at radius 2 is 1.95 bits per heavy atom. The van der Waals surface area contributed by atoms with Crippen LogP contribution in [0.5, 0.6) is 0 Å². The minimum Gasteiger partial charge on any atom is -0.396 e. The van der Waals surface area contributed by atoms with Crippen LogP contribution < -0.4 is 11.1 Å². The van der Waals surface area contributed by atoms with Gasteiger partial charge in [0.05, 0.1) is 23.4 Å². The molecule has 1 aromatic rings. The van der Waals surface area contributed by atoms with E-state index in [4.69, 9.17) is 5.73 Å². The van der Waals surface area contributed by atoms with Gasteiger partial charge in [0, 0.05) is 6.07 Å². The van der Waals surface area contributed by atoms with Crippen molar-refractivity contribution in [3.63, 3.8) is 0 Å². The summed E-state index contributed by atoms with van der Waals surface area (Å²) in [4.78, 5) is 11.9. The molecule has 4 nitrogen and oxygen atoms in total. The normalized spacial score (nSPS) is 23.1. The van der Waals surface area contributed by atoms with Crippen molar-refractivity contribution < 1.29 is 18.7 Å². The van der Waals surface area contributed by atoms with E-state index in [1.807, 2.05) is 0 Å². The van der Waals surface area contributed by atoms with Crippen molar-refractivity contribution in [3.8, 4) is 0 Å². The number of nitrogens with one attached hydrogen (secondary N) is 1. The van der Waals surface area contributed by atoms with E-state index in [0.717, 1.165) is 18.9 Å². The van der Waals surface area contributed by atoms with Crippen LogP contribution in [0.1, 0.15) is 36.0 Å². The lowest BCUT2D eigenvalue weighted by molar-refractivity contribution is 0.0714. The average molecular weight is 270 g/mol. The fraction of sp³-hybridized carbons (Fsp3) is 0.462. The molecule has 0 unspecified atom stereocenters. The van der Waals surface area contributed by atoms with E-state index in [1.54, 1.807) is 0 Å². The number of aliphatic hydroxyl groups excluding tert-OH is 1. The summed E-state index contributed by atoms with van der Waals surface area (Å²) >= 11 is 0. The van der Waals surface area contributed by atoms with Gasteiger partial charge < -0.3 is 16.2 Å². The zero-order valence-electron chi connectivity index (χ0n) is 10.3. The maximum atomic E-state index is 13.5. The van der Waals surface area contributed by atoms with Gasteiger partial charge in [0.1, 0.15) is 11.6 Å². The van der Waals surface area contributed by atoms with Gasteiger partial charge in [-0.15, -0.1) is 0 Å². The van der Waals surface area contributed by atoms with Crippen LogP contribution in [0, 0.1) is 11.6 Å². The molecule has 104 valence electrons. The van der Waals surface area contributed by atoms with Gasteiger partial charge in [-0.05, 0) is 18.9 Å². The third-order valence-electron chi connectivity index (χ3n) is 3.38. The summed E-state index contributed by atoms with van der Waals surface area (Å²) in [7, 11) is 0. The number of nitrogens with two attached hydrogens (primary N) is 1. The van der Waals surface area contributed by atoms with E-state index in [1.165, 1.54) is 0 Å². The van der Waals surface area contributed by atoms with Gasteiger partial charge in [-0.3, -0.25) is 4.79 Å². The van der Waals surface area contributed by atoms with E-state index in [2.05, 4.69) is 5.32 Å². The molecule has 1 fully saturated rings. The third kappa shape index (κ3) is 3.01. The van der Waals surface area contributed by atoms with E-state index < -0.39 is 29.7 Å². The molecule has 0 aliphatic heterocycles. The number of nitrogen functional groups attached to an aromatic ring is 1. The zero-order chi connectivity index (χ0) is 14.0. The molecule has 1 aliphatic carbocycles. The lowest BCUT2D eigenvalue weighted by Crippen LogP contribution is -2.45. The Morgan fingerprint density at radius 1 is 1.26 bits per heavy atom. The summed E-state index contributed by atoms with van der Waals surface area (Å²) in [6.45, 7) is 0. The molecule has 6 heteroatoms. The van der Waals surface area contributed by atoms with Gasteiger partial charge in [0.25, 0.3) is 5.91 Å². The molecule has 1 aliphatic rings. The van der Waals surface area contributed by atoms with Crippen molar-refractivity contribution in [2.45, 2.75) is 37.8 Å². The highest BCUT2D eigenvalue weighted by Crippen LogP contribution is 2.20. The first kappa shape index (κ1) is 13.7. The van der Waals surface area contributed by atoms with E-state index in [0.29, 0.717) is 18.9 Å². The summed E-state index contributed by atoms with van der Waals surface area (Å²) in [6.07, 6.45) is 2.43. The molecule has 0 aromatic heterocycles. The number of anilines is 1. The molecule has 1 saturated carbocycles. The van der Waals surface area contributed by atoms with Crippen molar-refractivity contribution in [3.05, 3.63) is 29.3 Å². The minimum absolute atomic E-state index is 0.282. The molecular formula is C13H16F2N2O2. The number of amides is 1. The number of benzene rings is 1. The lowest BCUT2D eigenvalue weighted by Gasteiger charge is -2.28. The van der Waals surface area contributed by atoms with Crippen LogP contribution in [-0.2, 0) is 0 Å². The van der Waals surface area contributed by atoms with Gasteiger partial charge in [-0.25, -0.2) is 8.78 Å². The summed E-state index contributed by atoms with van der Waals surface area (Å²) in [5, 5.41) is 12.3. The summed E-state index contributed by atoms with van der Waals surface area (Å²) in [6, 6.07) is 1.16. The molecule has 2 rings (SSSR count). The fourth-order valence-corrected chi connectivity index (χ4v) is 2.27. The average Bonchev–Trinajstić information content (AvgIpc) is 2.36. The van der Waals surface area contributed by atoms with E-state index in [9.17, 15) is 18.7 Å². The second-order valence-electron chi connectivity index (χ2n) is 4.79. The standard InChI is InChI=1S/C13H16F2N2O2/c14-8-6-9(15)10(16)5-7(8)13(19)17-11-3-1-2-4-12(11)18/h5-6,11-12,18H,1-4,16H2,(H,17,19)/t11-,12-/m0/s1. The predicted octanol–water partition coefficient (Wildman–Crippen LogP) is 1.58. The van der Waals surface area contributed by atoms with Crippen molar-refractivity contribution in [2.24, 2.45) is 0 Å². The molecule has 0 heterocycles. The molecule has 4 N–H and O–H groups in total. The molecule has 19 heavy (non-hydrogen) atoms. The van der Waals surface area contributed by atoms with Crippen LogP contribution in [-0.4, -0.2) is 23.2 Å². The van der Waals surface area contributed by atoms with E-state index >= 15 is 0 Å². The molecule has 2 atom stereocenters. The zero-order valence-corrected chi connectivity index (χ0v) is 10.3. The minimum atomic E-state index is -0.963. The van der Waals surface area contributed by atoms with Gasteiger partial charge in [0.2, 0.25) is 0 Å². The second-order valence-corrected chi connectivity index (χ2v) is 4.79. The maximum absolute atomic E-state index is 13.5. The Bertz CT molecular complexity index is 494. The van der Waals surface area contributed by atoms with Crippen LogP contribution in [0.4, 0.5) is 14.5 Å². The Morgan fingerprint density at radius 3 is 2.63 bits per heavy atom. The quantitative estimate of drug-likeness (QED) is 0.714. The smallest absolute Gasteiger partial charge is 0.254 e.